The van der Waals surface area contributed by atoms with Gasteiger partial charge in [-0.05, 0) is 36.1 Å². The van der Waals surface area contributed by atoms with Crippen LogP contribution in [-0.2, 0) is 6.42 Å². The molecule has 0 spiro atoms. The molecule has 0 aliphatic carbocycles. The van der Waals surface area contributed by atoms with E-state index in [1.165, 1.54) is 6.07 Å². The van der Waals surface area contributed by atoms with Crippen LogP contribution in [0.2, 0.25) is 0 Å². The highest BCUT2D eigenvalue weighted by Gasteiger charge is 2.20. The average molecular weight is 304 g/mol. The second kappa shape index (κ2) is 5.86. The Morgan fingerprint density at radius 3 is 2.81 bits per heavy atom. The van der Waals surface area contributed by atoms with Gasteiger partial charge in [-0.15, -0.1) is 11.6 Å². The van der Waals surface area contributed by atoms with Crippen LogP contribution in [0.5, 0.6) is 0 Å². The Balaban J connectivity index is 2.00. The van der Waals surface area contributed by atoms with Crippen molar-refractivity contribution in [2.24, 2.45) is 0 Å². The van der Waals surface area contributed by atoms with E-state index in [9.17, 15) is 9.18 Å². The molecule has 0 radical (unpaired) electrons. The number of halogens is 2. The van der Waals surface area contributed by atoms with Crippen LogP contribution in [0.4, 0.5) is 4.39 Å². The Kier molecular flexibility index (Phi) is 3.93. The van der Waals surface area contributed by atoms with Crippen molar-refractivity contribution in [3.05, 3.63) is 70.5 Å². The summed E-state index contributed by atoms with van der Waals surface area (Å²) in [6.45, 7) is 0.681. The Bertz CT molecular complexity index is 686. The molecule has 1 heterocycles. The molecule has 2 nitrogen and oxygen atoms in total. The topological polar surface area (TPSA) is 29.1 Å². The van der Waals surface area contributed by atoms with E-state index in [0.717, 1.165) is 24.0 Å². The van der Waals surface area contributed by atoms with Crippen LogP contribution in [0.1, 0.15) is 38.8 Å². The predicted octanol–water partition coefficient (Wildman–Crippen LogP) is 3.83. The van der Waals surface area contributed by atoms with Crippen LogP contribution in [0, 0.1) is 5.82 Å². The second-order valence-electron chi connectivity index (χ2n) is 5.16. The first-order valence-corrected chi connectivity index (χ1v) is 7.40. The molecule has 2 aromatic carbocycles. The molecule has 108 valence electrons. The summed E-state index contributed by atoms with van der Waals surface area (Å²) in [5, 5.41) is 2.26. The van der Waals surface area contributed by atoms with Crippen molar-refractivity contribution in [1.82, 2.24) is 5.32 Å². The normalized spacial score (nSPS) is 15.8. The van der Waals surface area contributed by atoms with Crippen molar-refractivity contribution in [3.63, 3.8) is 0 Å². The second-order valence-corrected chi connectivity index (χ2v) is 5.60. The zero-order valence-electron chi connectivity index (χ0n) is 11.4. The summed E-state index contributed by atoms with van der Waals surface area (Å²) in [5.41, 5.74) is 2.82. The molecular weight excluding hydrogens is 289 g/mol. The van der Waals surface area contributed by atoms with Crippen LogP contribution >= 0.6 is 11.6 Å². The first-order chi connectivity index (χ1) is 10.2. The summed E-state index contributed by atoms with van der Waals surface area (Å²) >= 11 is 6.40. The highest BCUT2D eigenvalue weighted by molar-refractivity contribution is 6.22. The summed E-state index contributed by atoms with van der Waals surface area (Å²) in [6.07, 6.45) is 1.79. The van der Waals surface area contributed by atoms with Gasteiger partial charge in [0.05, 0.1) is 5.38 Å². The smallest absolute Gasteiger partial charge is 0.251 e. The summed E-state index contributed by atoms with van der Waals surface area (Å²) in [5.74, 6) is -0.418. The van der Waals surface area contributed by atoms with Crippen LogP contribution in [0.25, 0.3) is 0 Å². The van der Waals surface area contributed by atoms with Gasteiger partial charge in [0.15, 0.2) is 0 Å². The monoisotopic (exact) mass is 303 g/mol. The minimum Gasteiger partial charge on any atom is -0.352 e. The van der Waals surface area contributed by atoms with Gasteiger partial charge in [-0.2, -0.15) is 0 Å². The lowest BCUT2D eigenvalue weighted by molar-refractivity contribution is 0.0956. The number of hydrogen-bond acceptors (Lipinski definition) is 1. The highest BCUT2D eigenvalue weighted by atomic mass is 35.5. The van der Waals surface area contributed by atoms with Crippen molar-refractivity contribution in [1.29, 1.82) is 0 Å². The number of aryl methyl sites for hydroxylation is 1. The maximum atomic E-state index is 13.8. The van der Waals surface area contributed by atoms with E-state index in [4.69, 9.17) is 11.6 Å². The summed E-state index contributed by atoms with van der Waals surface area (Å²) in [4.78, 5) is 12.1. The molecule has 1 unspecified atom stereocenters. The van der Waals surface area contributed by atoms with Gasteiger partial charge in [-0.3, -0.25) is 4.79 Å². The summed E-state index contributed by atoms with van der Waals surface area (Å²) in [7, 11) is 0. The molecule has 1 amide bonds. The lowest BCUT2D eigenvalue weighted by Gasteiger charge is -2.14. The number of amides is 1. The quantitative estimate of drug-likeness (QED) is 0.839. The Morgan fingerprint density at radius 1 is 1.19 bits per heavy atom. The van der Waals surface area contributed by atoms with Crippen molar-refractivity contribution >= 4 is 17.5 Å². The van der Waals surface area contributed by atoms with E-state index in [0.29, 0.717) is 17.7 Å². The largest absolute Gasteiger partial charge is 0.352 e. The molecular formula is C17H15ClFNO. The molecule has 0 saturated carbocycles. The van der Waals surface area contributed by atoms with Gasteiger partial charge in [0, 0.05) is 17.7 Å². The Morgan fingerprint density at radius 2 is 2.00 bits per heavy atom. The average Bonchev–Trinajstić information content (AvgIpc) is 2.69. The third-order valence-corrected chi connectivity index (χ3v) is 4.24. The Hall–Kier alpha value is -1.87. The standard InChI is InChI=1S/C17H15ClFNO/c18-16(13-5-1-2-6-15(13)19)12-8-7-11-4-3-9-20-17(21)14(11)10-12/h1-2,5-8,10,16H,3-4,9H2,(H,20,21). The minimum absolute atomic E-state index is 0.0817. The van der Waals surface area contributed by atoms with Gasteiger partial charge in [-0.25, -0.2) is 4.39 Å². The lowest BCUT2D eigenvalue weighted by atomic mass is 9.97. The van der Waals surface area contributed by atoms with Gasteiger partial charge in [0.2, 0.25) is 0 Å². The molecule has 0 fully saturated rings. The molecule has 4 heteroatoms. The zero-order chi connectivity index (χ0) is 14.8. The molecule has 3 rings (SSSR count). The van der Waals surface area contributed by atoms with Crippen molar-refractivity contribution < 1.29 is 9.18 Å². The van der Waals surface area contributed by atoms with Crippen molar-refractivity contribution in [2.75, 3.05) is 6.54 Å². The molecule has 1 atom stereocenters. The van der Waals surface area contributed by atoms with E-state index in [1.54, 1.807) is 24.3 Å². The van der Waals surface area contributed by atoms with Crippen LogP contribution in [0.15, 0.2) is 42.5 Å². The van der Waals surface area contributed by atoms with Gasteiger partial charge in [0.25, 0.3) is 5.91 Å². The van der Waals surface area contributed by atoms with Gasteiger partial charge >= 0.3 is 0 Å². The summed E-state index contributed by atoms with van der Waals surface area (Å²) in [6, 6.07) is 12.0. The highest BCUT2D eigenvalue weighted by Crippen LogP contribution is 2.32. The fourth-order valence-electron chi connectivity index (χ4n) is 2.62. The van der Waals surface area contributed by atoms with Crippen LogP contribution < -0.4 is 5.32 Å². The molecule has 0 bridgehead atoms. The molecule has 0 aromatic heterocycles. The van der Waals surface area contributed by atoms with Gasteiger partial charge in [-0.1, -0.05) is 30.3 Å². The van der Waals surface area contributed by atoms with E-state index < -0.39 is 5.38 Å². The zero-order valence-corrected chi connectivity index (χ0v) is 12.2. The molecule has 1 aliphatic heterocycles. The lowest BCUT2D eigenvalue weighted by Crippen LogP contribution is -2.22. The first-order valence-electron chi connectivity index (χ1n) is 6.96. The number of rotatable bonds is 2. The number of hydrogen-bond donors (Lipinski definition) is 1. The maximum Gasteiger partial charge on any atom is 0.251 e. The maximum absolute atomic E-state index is 13.8. The Labute approximate surface area is 127 Å². The van der Waals surface area contributed by atoms with E-state index in [-0.39, 0.29) is 11.7 Å². The number of benzene rings is 2. The predicted molar refractivity (Wildman–Crippen MR) is 81.2 cm³/mol. The SMILES string of the molecule is O=C1NCCCc2ccc(C(Cl)c3ccccc3F)cc21. The molecule has 1 N–H and O–H groups in total. The number of carbonyl (C=O) groups is 1. The fraction of sp³-hybridized carbons (Fsp3) is 0.235. The van der Waals surface area contributed by atoms with Gasteiger partial charge < -0.3 is 5.32 Å². The number of nitrogens with one attached hydrogen (secondary N) is 1. The van der Waals surface area contributed by atoms with Crippen molar-refractivity contribution in [3.8, 4) is 0 Å². The molecule has 2 aromatic rings. The first kappa shape index (κ1) is 14.1. The third kappa shape index (κ3) is 2.79. The van der Waals surface area contributed by atoms with E-state index in [1.807, 2.05) is 12.1 Å². The number of carbonyl (C=O) groups excluding carboxylic acids is 1. The summed E-state index contributed by atoms with van der Waals surface area (Å²) < 4.78 is 13.8. The van der Waals surface area contributed by atoms with Crippen LogP contribution in [-0.4, -0.2) is 12.5 Å². The minimum atomic E-state index is -0.604. The fourth-order valence-corrected chi connectivity index (χ4v) is 2.93. The van der Waals surface area contributed by atoms with E-state index >= 15 is 0 Å². The molecule has 21 heavy (non-hydrogen) atoms. The molecule has 0 saturated heterocycles. The van der Waals surface area contributed by atoms with E-state index in [2.05, 4.69) is 5.32 Å². The number of alkyl halides is 1. The van der Waals surface area contributed by atoms with Crippen LogP contribution in [0.3, 0.4) is 0 Å². The van der Waals surface area contributed by atoms with Crippen molar-refractivity contribution in [2.45, 2.75) is 18.2 Å². The van der Waals surface area contributed by atoms with Gasteiger partial charge in [0.1, 0.15) is 5.82 Å². The molecule has 1 aliphatic rings. The third-order valence-electron chi connectivity index (χ3n) is 3.76. The number of fused-ring (bicyclic) bond motifs is 1.